The Labute approximate surface area is 135 Å². The van der Waals surface area contributed by atoms with Gasteiger partial charge >= 0.3 is 0 Å². The first-order valence-corrected chi connectivity index (χ1v) is 8.00. The van der Waals surface area contributed by atoms with Crippen LogP contribution in [0.3, 0.4) is 0 Å². The number of benzene rings is 1. The summed E-state index contributed by atoms with van der Waals surface area (Å²) in [6.07, 6.45) is 8.81. The second kappa shape index (κ2) is 8.38. The number of hydrogen-bond acceptors (Lipinski definition) is 2. The Kier molecular flexibility index (Phi) is 6.22. The van der Waals surface area contributed by atoms with Crippen LogP contribution >= 0.6 is 0 Å². The molecule has 0 unspecified atom stereocenters. The van der Waals surface area contributed by atoms with Crippen molar-refractivity contribution in [3.8, 4) is 17.3 Å². The molecule has 0 radical (unpaired) electrons. The molecule has 0 atom stereocenters. The minimum Gasteiger partial charge on any atom is -0.256 e. The van der Waals surface area contributed by atoms with Gasteiger partial charge < -0.3 is 0 Å². The summed E-state index contributed by atoms with van der Waals surface area (Å²) in [5, 5.41) is 8.69. The van der Waals surface area contributed by atoms with Crippen LogP contribution in [-0.4, -0.2) is 4.98 Å². The predicted molar refractivity (Wildman–Crippen MR) is 86.8 cm³/mol. The molecule has 0 aliphatic heterocycles. The van der Waals surface area contributed by atoms with Crippen molar-refractivity contribution >= 4 is 0 Å². The summed E-state index contributed by atoms with van der Waals surface area (Å²) in [7, 11) is 0. The maximum atomic E-state index is 13.7. The number of pyridine rings is 1. The number of rotatable bonds is 7. The van der Waals surface area contributed by atoms with Crippen molar-refractivity contribution in [3.63, 3.8) is 0 Å². The number of halogens is 2. The van der Waals surface area contributed by atoms with E-state index in [0.717, 1.165) is 30.5 Å². The molecule has 0 N–H and O–H groups in total. The summed E-state index contributed by atoms with van der Waals surface area (Å²) in [4.78, 5) is 4.29. The Hall–Kier alpha value is -2.28. The standard InChI is InChI=1S/C19H20F2N2/c1-2-3-4-5-6-7-14-8-9-19(23-13-14)15-10-17(20)16(12-22)18(21)11-15/h8-11,13H,2-7H2,1H3. The smallest absolute Gasteiger partial charge is 0.144 e. The fourth-order valence-electron chi connectivity index (χ4n) is 2.50. The van der Waals surface area contributed by atoms with Crippen LogP contribution in [0.1, 0.15) is 50.2 Å². The van der Waals surface area contributed by atoms with E-state index in [9.17, 15) is 8.78 Å². The molecule has 0 spiro atoms. The summed E-state index contributed by atoms with van der Waals surface area (Å²) in [5.74, 6) is -1.71. The Balaban J connectivity index is 2.04. The molecule has 120 valence electrons. The molecule has 2 aromatic rings. The van der Waals surface area contributed by atoms with Crippen LogP contribution in [0.2, 0.25) is 0 Å². The van der Waals surface area contributed by atoms with Gasteiger partial charge in [-0.2, -0.15) is 5.26 Å². The van der Waals surface area contributed by atoms with E-state index < -0.39 is 17.2 Å². The van der Waals surface area contributed by atoms with E-state index >= 15 is 0 Å². The number of nitriles is 1. The highest BCUT2D eigenvalue weighted by Crippen LogP contribution is 2.23. The van der Waals surface area contributed by atoms with Crippen molar-refractivity contribution in [2.24, 2.45) is 0 Å². The fourth-order valence-corrected chi connectivity index (χ4v) is 2.50. The molecule has 0 amide bonds. The van der Waals surface area contributed by atoms with Crippen LogP contribution in [0.15, 0.2) is 30.5 Å². The molecule has 2 nitrogen and oxygen atoms in total. The number of hydrogen-bond donors (Lipinski definition) is 0. The van der Waals surface area contributed by atoms with Gasteiger partial charge in [-0.05, 0) is 36.6 Å². The SMILES string of the molecule is CCCCCCCc1ccc(-c2cc(F)c(C#N)c(F)c2)nc1. The second-order valence-corrected chi connectivity index (χ2v) is 5.64. The summed E-state index contributed by atoms with van der Waals surface area (Å²) in [6.45, 7) is 2.19. The van der Waals surface area contributed by atoms with Crippen molar-refractivity contribution in [2.45, 2.75) is 45.4 Å². The highest BCUT2D eigenvalue weighted by molar-refractivity contribution is 5.61. The number of aryl methyl sites for hydroxylation is 1. The zero-order valence-electron chi connectivity index (χ0n) is 13.3. The van der Waals surface area contributed by atoms with Gasteiger partial charge in [0.05, 0.1) is 5.69 Å². The normalized spacial score (nSPS) is 10.5. The molecular formula is C19H20F2N2. The molecule has 23 heavy (non-hydrogen) atoms. The van der Waals surface area contributed by atoms with Crippen LogP contribution in [-0.2, 0) is 6.42 Å². The average molecular weight is 314 g/mol. The first kappa shape index (κ1) is 17.1. The monoisotopic (exact) mass is 314 g/mol. The first-order chi connectivity index (χ1) is 11.2. The van der Waals surface area contributed by atoms with Crippen molar-refractivity contribution < 1.29 is 8.78 Å². The zero-order chi connectivity index (χ0) is 16.7. The van der Waals surface area contributed by atoms with Gasteiger partial charge in [0.2, 0.25) is 0 Å². The highest BCUT2D eigenvalue weighted by Gasteiger charge is 2.12. The summed E-state index contributed by atoms with van der Waals surface area (Å²) in [5.41, 5.74) is 1.41. The van der Waals surface area contributed by atoms with Gasteiger partial charge in [-0.1, -0.05) is 38.7 Å². The van der Waals surface area contributed by atoms with Crippen molar-refractivity contribution in [1.82, 2.24) is 4.98 Å². The lowest BCUT2D eigenvalue weighted by atomic mass is 10.0. The fraction of sp³-hybridized carbons (Fsp3) is 0.368. The molecule has 0 bridgehead atoms. The molecule has 0 aliphatic carbocycles. The van der Waals surface area contributed by atoms with Crippen LogP contribution in [0.4, 0.5) is 8.78 Å². The van der Waals surface area contributed by atoms with Crippen molar-refractivity contribution in [1.29, 1.82) is 5.26 Å². The predicted octanol–water partition coefficient (Wildman–Crippen LogP) is 5.41. The van der Waals surface area contributed by atoms with Gasteiger partial charge in [0.25, 0.3) is 0 Å². The van der Waals surface area contributed by atoms with E-state index in [2.05, 4.69) is 11.9 Å². The molecule has 4 heteroatoms. The molecule has 0 saturated heterocycles. The summed E-state index contributed by atoms with van der Waals surface area (Å²) < 4.78 is 27.3. The molecular weight excluding hydrogens is 294 g/mol. The number of unbranched alkanes of at least 4 members (excludes halogenated alkanes) is 4. The minimum atomic E-state index is -0.857. The first-order valence-electron chi connectivity index (χ1n) is 8.00. The summed E-state index contributed by atoms with van der Waals surface area (Å²) in [6, 6.07) is 7.52. The Morgan fingerprint density at radius 1 is 1.04 bits per heavy atom. The molecule has 2 rings (SSSR count). The van der Waals surface area contributed by atoms with E-state index in [1.807, 2.05) is 6.07 Å². The second-order valence-electron chi connectivity index (χ2n) is 5.64. The zero-order valence-corrected chi connectivity index (χ0v) is 13.3. The lowest BCUT2D eigenvalue weighted by Gasteiger charge is -2.05. The van der Waals surface area contributed by atoms with Crippen molar-refractivity contribution in [3.05, 3.63) is 53.2 Å². The van der Waals surface area contributed by atoms with Crippen LogP contribution in [0, 0.1) is 23.0 Å². The van der Waals surface area contributed by atoms with Crippen LogP contribution in [0.25, 0.3) is 11.3 Å². The Morgan fingerprint density at radius 3 is 2.30 bits per heavy atom. The third-order valence-electron chi connectivity index (χ3n) is 3.84. The van der Waals surface area contributed by atoms with Crippen molar-refractivity contribution in [2.75, 3.05) is 0 Å². The number of nitrogens with zero attached hydrogens (tertiary/aromatic N) is 2. The van der Waals surface area contributed by atoms with Gasteiger partial charge in [-0.25, -0.2) is 8.78 Å². The molecule has 1 aromatic heterocycles. The third kappa shape index (κ3) is 4.59. The average Bonchev–Trinajstić information content (AvgIpc) is 2.55. The molecule has 1 heterocycles. The number of aromatic nitrogens is 1. The maximum absolute atomic E-state index is 13.7. The molecule has 0 saturated carbocycles. The molecule has 0 aliphatic rings. The van der Waals surface area contributed by atoms with Gasteiger partial charge in [-0.3, -0.25) is 4.98 Å². The quantitative estimate of drug-likeness (QED) is 0.641. The largest absolute Gasteiger partial charge is 0.256 e. The maximum Gasteiger partial charge on any atom is 0.144 e. The lowest BCUT2D eigenvalue weighted by Crippen LogP contribution is -1.94. The van der Waals surface area contributed by atoms with Crippen LogP contribution < -0.4 is 0 Å². The van der Waals surface area contributed by atoms with Crippen LogP contribution in [0.5, 0.6) is 0 Å². The van der Waals surface area contributed by atoms with E-state index in [0.29, 0.717) is 11.3 Å². The Bertz CT molecular complexity index is 665. The summed E-state index contributed by atoms with van der Waals surface area (Å²) >= 11 is 0. The lowest BCUT2D eigenvalue weighted by molar-refractivity contribution is 0.577. The van der Waals surface area contributed by atoms with Gasteiger partial charge in [-0.15, -0.1) is 0 Å². The van der Waals surface area contributed by atoms with E-state index in [1.165, 1.54) is 31.8 Å². The topological polar surface area (TPSA) is 36.7 Å². The van der Waals surface area contributed by atoms with E-state index in [-0.39, 0.29) is 0 Å². The van der Waals surface area contributed by atoms with Gasteiger partial charge in [0, 0.05) is 11.8 Å². The highest BCUT2D eigenvalue weighted by atomic mass is 19.1. The molecule has 1 aromatic carbocycles. The van der Waals surface area contributed by atoms with Gasteiger partial charge in [0.1, 0.15) is 23.3 Å². The van der Waals surface area contributed by atoms with E-state index in [4.69, 9.17) is 5.26 Å². The minimum absolute atomic E-state index is 0.341. The van der Waals surface area contributed by atoms with Gasteiger partial charge in [0.15, 0.2) is 0 Å². The third-order valence-corrected chi connectivity index (χ3v) is 3.84. The van der Waals surface area contributed by atoms with E-state index in [1.54, 1.807) is 12.3 Å². The Morgan fingerprint density at radius 2 is 1.74 bits per heavy atom. The molecule has 0 fully saturated rings.